The first-order chi connectivity index (χ1) is 13.4. The summed E-state index contributed by atoms with van der Waals surface area (Å²) in [4.78, 5) is 28.5. The van der Waals surface area contributed by atoms with E-state index in [2.05, 4.69) is 54.6 Å². The van der Waals surface area contributed by atoms with Crippen molar-refractivity contribution in [3.05, 3.63) is 55.9 Å². The lowest BCUT2D eigenvalue weighted by Crippen LogP contribution is -2.50. The summed E-state index contributed by atoms with van der Waals surface area (Å²) in [5.74, 6) is 0.0934. The third kappa shape index (κ3) is 3.90. The zero-order valence-corrected chi connectivity index (χ0v) is 19.3. The Morgan fingerprint density at radius 3 is 2.29 bits per heavy atom. The summed E-state index contributed by atoms with van der Waals surface area (Å²) in [6.45, 7) is 4.53. The van der Waals surface area contributed by atoms with Gasteiger partial charge in [0.05, 0.1) is 14.0 Å². The van der Waals surface area contributed by atoms with Crippen molar-refractivity contribution in [1.82, 2.24) is 14.4 Å². The van der Waals surface area contributed by atoms with Crippen molar-refractivity contribution in [3.63, 3.8) is 0 Å². The zero-order valence-electron chi connectivity index (χ0n) is 15.3. The summed E-state index contributed by atoms with van der Waals surface area (Å²) >= 11 is 8.66. The van der Waals surface area contributed by atoms with Crippen LogP contribution in [-0.2, 0) is 11.3 Å². The fourth-order valence-electron chi connectivity index (χ4n) is 3.52. The van der Waals surface area contributed by atoms with Crippen LogP contribution in [0.3, 0.4) is 0 Å². The van der Waals surface area contributed by atoms with E-state index in [-0.39, 0.29) is 11.8 Å². The number of carbonyl (C=O) groups is 2. The molecule has 0 atom stereocenters. The number of rotatable bonds is 3. The van der Waals surface area contributed by atoms with Crippen molar-refractivity contribution in [3.8, 4) is 0 Å². The van der Waals surface area contributed by atoms with E-state index < -0.39 is 0 Å². The Morgan fingerprint density at radius 1 is 1.00 bits per heavy atom. The molecule has 28 heavy (non-hydrogen) atoms. The van der Waals surface area contributed by atoms with Crippen LogP contribution in [0.15, 0.2) is 44.7 Å². The van der Waals surface area contributed by atoms with Gasteiger partial charge in [-0.1, -0.05) is 28.1 Å². The number of fused-ring (bicyclic) bond motifs is 1. The molecule has 1 fully saturated rings. The first kappa shape index (κ1) is 19.7. The Balaban J connectivity index is 1.64. The van der Waals surface area contributed by atoms with E-state index in [0.29, 0.717) is 38.4 Å². The number of thiophene rings is 1. The molecule has 1 saturated heterocycles. The molecule has 0 N–H and O–H groups in total. The lowest BCUT2D eigenvalue weighted by molar-refractivity contribution is -0.130. The van der Waals surface area contributed by atoms with Crippen LogP contribution in [0.1, 0.15) is 23.0 Å². The van der Waals surface area contributed by atoms with Crippen LogP contribution in [-0.4, -0.2) is 52.4 Å². The molecule has 0 spiro atoms. The van der Waals surface area contributed by atoms with Gasteiger partial charge in [0, 0.05) is 44.1 Å². The van der Waals surface area contributed by atoms with E-state index >= 15 is 0 Å². The second kappa shape index (κ2) is 8.00. The minimum Gasteiger partial charge on any atom is -0.339 e. The Hall–Kier alpha value is -1.64. The zero-order chi connectivity index (χ0) is 19.8. The lowest BCUT2D eigenvalue weighted by Gasteiger charge is -2.34. The maximum atomic E-state index is 13.3. The molecule has 0 bridgehead atoms. The number of nitrogens with zero attached hydrogens (tertiary/aromatic N) is 3. The van der Waals surface area contributed by atoms with E-state index in [0.717, 1.165) is 24.0 Å². The van der Waals surface area contributed by atoms with Crippen molar-refractivity contribution in [2.24, 2.45) is 0 Å². The molecule has 0 unspecified atom stereocenters. The molecule has 8 heteroatoms. The summed E-state index contributed by atoms with van der Waals surface area (Å²) < 4.78 is 5.28. The number of hydrogen-bond donors (Lipinski definition) is 0. The predicted octanol–water partition coefficient (Wildman–Crippen LogP) is 4.58. The molecule has 1 aromatic carbocycles. The van der Waals surface area contributed by atoms with Gasteiger partial charge in [-0.05, 0) is 45.8 Å². The smallest absolute Gasteiger partial charge is 0.270 e. The third-order valence-corrected chi connectivity index (χ3v) is 7.15. The highest BCUT2D eigenvalue weighted by Crippen LogP contribution is 2.33. The minimum absolute atomic E-state index is 0.0276. The Morgan fingerprint density at radius 2 is 1.64 bits per heavy atom. The predicted molar refractivity (Wildman–Crippen MR) is 119 cm³/mol. The summed E-state index contributed by atoms with van der Waals surface area (Å²) in [6.07, 6.45) is 0. The number of hydrogen-bond acceptors (Lipinski definition) is 3. The van der Waals surface area contributed by atoms with Crippen molar-refractivity contribution >= 4 is 65.2 Å². The standard InChI is InChI=1S/C20H19Br2N3O2S/c1-13(26)23-6-8-24(9-7-23)20(27)17-10-18-16(11-19(22)28-18)25(17)12-14-2-4-15(21)5-3-14/h2-5,10-11H,6-9,12H2,1H3. The van der Waals surface area contributed by atoms with E-state index in [1.807, 2.05) is 23.1 Å². The molecule has 4 rings (SSSR count). The molecule has 2 amide bonds. The van der Waals surface area contributed by atoms with Crippen LogP contribution in [0.5, 0.6) is 0 Å². The lowest BCUT2D eigenvalue weighted by atomic mass is 10.2. The van der Waals surface area contributed by atoms with E-state index in [9.17, 15) is 9.59 Å². The van der Waals surface area contributed by atoms with Crippen molar-refractivity contribution in [2.75, 3.05) is 26.2 Å². The summed E-state index contributed by atoms with van der Waals surface area (Å²) in [5, 5.41) is 0. The Kier molecular flexibility index (Phi) is 5.62. The van der Waals surface area contributed by atoms with Crippen molar-refractivity contribution in [2.45, 2.75) is 13.5 Å². The molecule has 1 aliphatic rings. The third-order valence-electron chi connectivity index (χ3n) is 5.04. The molecular formula is C20H19Br2N3O2S. The first-order valence-corrected chi connectivity index (χ1v) is 11.4. The highest BCUT2D eigenvalue weighted by Gasteiger charge is 2.26. The molecule has 3 aromatic rings. The topological polar surface area (TPSA) is 45.6 Å². The van der Waals surface area contributed by atoms with Crippen LogP contribution in [0.4, 0.5) is 0 Å². The van der Waals surface area contributed by atoms with Gasteiger partial charge in [0.1, 0.15) is 5.69 Å². The van der Waals surface area contributed by atoms with Gasteiger partial charge >= 0.3 is 0 Å². The molecule has 2 aromatic heterocycles. The van der Waals surface area contributed by atoms with Gasteiger partial charge in [0.25, 0.3) is 5.91 Å². The molecule has 146 valence electrons. The molecule has 0 saturated carbocycles. The van der Waals surface area contributed by atoms with Crippen LogP contribution < -0.4 is 0 Å². The first-order valence-electron chi connectivity index (χ1n) is 9.00. The SMILES string of the molecule is CC(=O)N1CCN(C(=O)c2cc3sc(Br)cc3n2Cc2ccc(Br)cc2)CC1. The molecule has 1 aliphatic heterocycles. The van der Waals surface area contributed by atoms with Gasteiger partial charge in [-0.25, -0.2) is 0 Å². The second-order valence-electron chi connectivity index (χ2n) is 6.84. The van der Waals surface area contributed by atoms with Gasteiger partial charge in [0.15, 0.2) is 0 Å². The van der Waals surface area contributed by atoms with Crippen LogP contribution in [0, 0.1) is 0 Å². The highest BCUT2D eigenvalue weighted by molar-refractivity contribution is 9.11. The minimum atomic E-state index is 0.0276. The average molecular weight is 525 g/mol. The number of piperazine rings is 1. The van der Waals surface area contributed by atoms with Crippen LogP contribution >= 0.6 is 43.2 Å². The number of halogens is 2. The summed E-state index contributed by atoms with van der Waals surface area (Å²) in [7, 11) is 0. The highest BCUT2D eigenvalue weighted by atomic mass is 79.9. The van der Waals surface area contributed by atoms with E-state index in [1.165, 1.54) is 0 Å². The van der Waals surface area contributed by atoms with Gasteiger partial charge in [-0.2, -0.15) is 0 Å². The maximum absolute atomic E-state index is 13.3. The second-order valence-corrected chi connectivity index (χ2v) is 10.2. The monoisotopic (exact) mass is 523 g/mol. The van der Waals surface area contributed by atoms with Gasteiger partial charge in [-0.15, -0.1) is 11.3 Å². The number of carbonyl (C=O) groups excluding carboxylic acids is 2. The molecular weight excluding hydrogens is 506 g/mol. The Bertz CT molecular complexity index is 1030. The van der Waals surface area contributed by atoms with Crippen LogP contribution in [0.25, 0.3) is 10.2 Å². The fourth-order valence-corrected chi connectivity index (χ4v) is 5.35. The molecule has 0 radical (unpaired) electrons. The number of aromatic nitrogens is 1. The molecule has 3 heterocycles. The maximum Gasteiger partial charge on any atom is 0.270 e. The van der Waals surface area contributed by atoms with Crippen molar-refractivity contribution in [1.29, 1.82) is 0 Å². The number of amides is 2. The van der Waals surface area contributed by atoms with Gasteiger partial charge in [-0.3, -0.25) is 9.59 Å². The largest absolute Gasteiger partial charge is 0.339 e. The summed E-state index contributed by atoms with van der Waals surface area (Å²) in [6, 6.07) is 12.2. The van der Waals surface area contributed by atoms with Gasteiger partial charge < -0.3 is 14.4 Å². The van der Waals surface area contributed by atoms with Crippen LogP contribution in [0.2, 0.25) is 0 Å². The quantitative estimate of drug-likeness (QED) is 0.503. The number of benzene rings is 1. The summed E-state index contributed by atoms with van der Waals surface area (Å²) in [5.41, 5.74) is 2.90. The van der Waals surface area contributed by atoms with Crippen molar-refractivity contribution < 1.29 is 9.59 Å². The van der Waals surface area contributed by atoms with Gasteiger partial charge in [0.2, 0.25) is 5.91 Å². The normalized spacial score (nSPS) is 14.7. The van der Waals surface area contributed by atoms with E-state index in [4.69, 9.17) is 0 Å². The molecule has 0 aliphatic carbocycles. The fraction of sp³-hybridized carbons (Fsp3) is 0.300. The average Bonchev–Trinajstić information content (AvgIpc) is 3.20. The molecule has 5 nitrogen and oxygen atoms in total. The Labute approximate surface area is 184 Å². The van der Waals surface area contributed by atoms with E-state index in [1.54, 1.807) is 23.2 Å².